The zero-order valence-electron chi connectivity index (χ0n) is 14.0. The summed E-state index contributed by atoms with van der Waals surface area (Å²) in [5.74, 6) is -0.209. The Morgan fingerprint density at radius 2 is 2.12 bits per heavy atom. The van der Waals surface area contributed by atoms with E-state index in [0.717, 1.165) is 5.52 Å². The average molecular weight is 355 g/mol. The van der Waals surface area contributed by atoms with Crippen LogP contribution in [0.2, 0.25) is 0 Å². The molecule has 0 amide bonds. The molecule has 2 aromatic heterocycles. The summed E-state index contributed by atoms with van der Waals surface area (Å²) in [7, 11) is 0. The lowest BCUT2D eigenvalue weighted by molar-refractivity contribution is -0.238. The van der Waals surface area contributed by atoms with Gasteiger partial charge in [0.05, 0.1) is 30.7 Å². The molecule has 1 fully saturated rings. The van der Waals surface area contributed by atoms with E-state index < -0.39 is 24.8 Å². The van der Waals surface area contributed by atoms with Gasteiger partial charge >= 0.3 is 6.16 Å². The number of furan rings is 1. The molecule has 2 unspecified atom stereocenters. The first-order valence-corrected chi connectivity index (χ1v) is 7.95. The van der Waals surface area contributed by atoms with Crippen LogP contribution >= 0.6 is 0 Å². The van der Waals surface area contributed by atoms with Crippen LogP contribution in [0.5, 0.6) is 0 Å². The second-order valence-corrected chi connectivity index (χ2v) is 5.99. The van der Waals surface area contributed by atoms with Crippen LogP contribution in [-0.4, -0.2) is 48.6 Å². The normalized spacial score (nSPS) is 18.4. The third-order valence-electron chi connectivity index (χ3n) is 3.58. The summed E-state index contributed by atoms with van der Waals surface area (Å²) in [5.41, 5.74) is 1.72. The van der Waals surface area contributed by atoms with E-state index in [0.29, 0.717) is 11.3 Å². The predicted octanol–water partition coefficient (Wildman–Crippen LogP) is 2.28. The summed E-state index contributed by atoms with van der Waals surface area (Å²) in [5, 5.41) is 10.2. The minimum atomic E-state index is -1.32. The standard InChI is InChI=1S/C16H21NO8/c1-9(2)15(25-16(19)23-10-6-20-8-21-7-10)24-14(18)12-5-13-11(17-12)3-4-22-13/h3-5,9-10,14-15,17-18H,6-8H2,1-2H3. The van der Waals surface area contributed by atoms with Crippen LogP contribution in [-0.2, 0) is 23.7 Å². The third-order valence-corrected chi connectivity index (χ3v) is 3.58. The van der Waals surface area contributed by atoms with Crippen molar-refractivity contribution >= 4 is 17.3 Å². The number of carbonyl (C=O) groups excluding carboxylic acids is 1. The summed E-state index contributed by atoms with van der Waals surface area (Å²) < 4.78 is 31.0. The number of aromatic nitrogens is 1. The molecular formula is C16H21NO8. The van der Waals surface area contributed by atoms with Crippen molar-refractivity contribution in [3.05, 3.63) is 24.1 Å². The summed E-state index contributed by atoms with van der Waals surface area (Å²) in [6.45, 7) is 4.24. The Morgan fingerprint density at radius 1 is 1.36 bits per heavy atom. The van der Waals surface area contributed by atoms with E-state index in [-0.39, 0.29) is 25.9 Å². The fourth-order valence-electron chi connectivity index (χ4n) is 2.32. The molecule has 1 aliphatic rings. The summed E-state index contributed by atoms with van der Waals surface area (Å²) in [6.07, 6.45) is -2.22. The van der Waals surface area contributed by atoms with Gasteiger partial charge < -0.3 is 38.2 Å². The lowest BCUT2D eigenvalue weighted by atomic mass is 10.2. The molecule has 0 aliphatic carbocycles. The van der Waals surface area contributed by atoms with Crippen LogP contribution in [0.25, 0.3) is 11.1 Å². The number of nitrogens with one attached hydrogen (secondary N) is 1. The highest BCUT2D eigenvalue weighted by Crippen LogP contribution is 2.24. The summed E-state index contributed by atoms with van der Waals surface area (Å²) in [4.78, 5) is 14.9. The van der Waals surface area contributed by atoms with E-state index >= 15 is 0 Å². The molecule has 9 nitrogen and oxygen atoms in total. The molecule has 138 valence electrons. The Hall–Kier alpha value is -2.07. The van der Waals surface area contributed by atoms with Gasteiger partial charge in [0.25, 0.3) is 0 Å². The van der Waals surface area contributed by atoms with E-state index in [1.165, 1.54) is 6.26 Å². The first kappa shape index (κ1) is 17.7. The molecule has 0 saturated carbocycles. The van der Waals surface area contributed by atoms with E-state index in [1.807, 2.05) is 0 Å². The molecule has 2 aromatic rings. The van der Waals surface area contributed by atoms with Gasteiger partial charge in [-0.1, -0.05) is 13.8 Å². The summed E-state index contributed by atoms with van der Waals surface area (Å²) >= 11 is 0. The maximum Gasteiger partial charge on any atom is 0.511 e. The minimum Gasteiger partial charge on any atom is -0.463 e. The van der Waals surface area contributed by atoms with Gasteiger partial charge in [-0.25, -0.2) is 4.79 Å². The SMILES string of the molecule is CC(C)C(OC(=O)OC1COCOC1)OC(O)c1cc2occc2[nH]1. The Morgan fingerprint density at radius 3 is 2.80 bits per heavy atom. The van der Waals surface area contributed by atoms with Crippen molar-refractivity contribution in [2.24, 2.45) is 5.92 Å². The Balaban J connectivity index is 1.56. The monoisotopic (exact) mass is 355 g/mol. The maximum atomic E-state index is 11.9. The first-order valence-electron chi connectivity index (χ1n) is 7.95. The molecule has 2 atom stereocenters. The number of aliphatic hydroxyl groups is 1. The molecule has 0 spiro atoms. The largest absolute Gasteiger partial charge is 0.511 e. The number of fused-ring (bicyclic) bond motifs is 1. The second-order valence-electron chi connectivity index (χ2n) is 5.99. The van der Waals surface area contributed by atoms with Gasteiger partial charge in [0.15, 0.2) is 11.7 Å². The van der Waals surface area contributed by atoms with Crippen LogP contribution in [0, 0.1) is 5.92 Å². The van der Waals surface area contributed by atoms with Crippen molar-refractivity contribution in [2.75, 3.05) is 20.0 Å². The van der Waals surface area contributed by atoms with Gasteiger partial charge in [-0.3, -0.25) is 0 Å². The molecular weight excluding hydrogens is 334 g/mol. The average Bonchev–Trinajstić information content (AvgIpc) is 3.16. The number of hydrogen-bond acceptors (Lipinski definition) is 8. The molecule has 1 saturated heterocycles. The Kier molecular flexibility index (Phi) is 5.59. The second kappa shape index (κ2) is 7.87. The van der Waals surface area contributed by atoms with Crippen LogP contribution in [0.3, 0.4) is 0 Å². The maximum absolute atomic E-state index is 11.9. The van der Waals surface area contributed by atoms with Gasteiger partial charge in [-0.15, -0.1) is 0 Å². The smallest absolute Gasteiger partial charge is 0.463 e. The zero-order chi connectivity index (χ0) is 17.8. The van der Waals surface area contributed by atoms with Gasteiger partial charge in [-0.05, 0) is 0 Å². The van der Waals surface area contributed by atoms with Crippen molar-refractivity contribution in [1.29, 1.82) is 0 Å². The van der Waals surface area contributed by atoms with Gasteiger partial charge in [-0.2, -0.15) is 0 Å². The molecule has 0 aromatic carbocycles. The zero-order valence-corrected chi connectivity index (χ0v) is 14.0. The number of carbonyl (C=O) groups is 1. The van der Waals surface area contributed by atoms with Gasteiger partial charge in [0, 0.05) is 18.1 Å². The molecule has 25 heavy (non-hydrogen) atoms. The number of ether oxygens (including phenoxy) is 5. The number of aromatic amines is 1. The number of aliphatic hydroxyl groups excluding tert-OH is 1. The van der Waals surface area contributed by atoms with Crippen LogP contribution < -0.4 is 0 Å². The number of rotatable bonds is 6. The fourth-order valence-corrected chi connectivity index (χ4v) is 2.32. The Labute approximate surface area is 143 Å². The lowest BCUT2D eigenvalue weighted by Gasteiger charge is -2.26. The van der Waals surface area contributed by atoms with Crippen molar-refractivity contribution in [3.63, 3.8) is 0 Å². The molecule has 2 N–H and O–H groups in total. The van der Waals surface area contributed by atoms with Crippen LogP contribution in [0.4, 0.5) is 4.79 Å². The molecule has 9 heteroatoms. The van der Waals surface area contributed by atoms with Crippen LogP contribution in [0.1, 0.15) is 25.8 Å². The van der Waals surface area contributed by atoms with Crippen molar-refractivity contribution in [1.82, 2.24) is 4.98 Å². The molecule has 3 heterocycles. The number of hydrogen-bond donors (Lipinski definition) is 2. The van der Waals surface area contributed by atoms with E-state index in [9.17, 15) is 9.90 Å². The van der Waals surface area contributed by atoms with Crippen molar-refractivity contribution in [3.8, 4) is 0 Å². The molecule has 0 bridgehead atoms. The molecule has 1 aliphatic heterocycles. The summed E-state index contributed by atoms with van der Waals surface area (Å²) in [6, 6.07) is 3.35. The van der Waals surface area contributed by atoms with E-state index in [4.69, 9.17) is 28.1 Å². The first-order chi connectivity index (χ1) is 12.0. The molecule has 0 radical (unpaired) electrons. The van der Waals surface area contributed by atoms with Gasteiger partial charge in [0.1, 0.15) is 6.79 Å². The number of H-pyrrole nitrogens is 1. The fraction of sp³-hybridized carbons (Fsp3) is 0.562. The lowest BCUT2D eigenvalue weighted by Crippen LogP contribution is -2.36. The van der Waals surface area contributed by atoms with Gasteiger partial charge in [0.2, 0.25) is 12.6 Å². The highest BCUT2D eigenvalue weighted by molar-refractivity contribution is 5.74. The quantitative estimate of drug-likeness (QED) is 0.599. The minimum absolute atomic E-state index is 0.178. The van der Waals surface area contributed by atoms with E-state index in [1.54, 1.807) is 26.0 Å². The van der Waals surface area contributed by atoms with E-state index in [2.05, 4.69) is 4.98 Å². The third kappa shape index (κ3) is 4.51. The topological polar surface area (TPSA) is 112 Å². The highest BCUT2D eigenvalue weighted by atomic mass is 16.8. The molecule has 3 rings (SSSR count). The highest BCUT2D eigenvalue weighted by Gasteiger charge is 2.27. The Bertz CT molecular complexity index is 659. The van der Waals surface area contributed by atoms with Crippen LogP contribution in [0.15, 0.2) is 22.8 Å². The predicted molar refractivity (Wildman–Crippen MR) is 83.4 cm³/mol. The van der Waals surface area contributed by atoms with Crippen molar-refractivity contribution in [2.45, 2.75) is 32.5 Å². The van der Waals surface area contributed by atoms with Crippen molar-refractivity contribution < 1.29 is 38.0 Å².